The molecule has 0 bridgehead atoms. The predicted molar refractivity (Wildman–Crippen MR) is 237 cm³/mol. The van der Waals surface area contributed by atoms with Gasteiger partial charge in [-0.3, -0.25) is 8.78 Å². The summed E-state index contributed by atoms with van der Waals surface area (Å²) >= 11 is 0. The van der Waals surface area contributed by atoms with Gasteiger partial charge in [-0.2, -0.15) is 0 Å². The summed E-state index contributed by atoms with van der Waals surface area (Å²) in [6, 6.07) is 65.0. The molecule has 0 unspecified atom stereocenters. The van der Waals surface area contributed by atoms with Gasteiger partial charge in [-0.25, -0.2) is 0 Å². The van der Waals surface area contributed by atoms with E-state index in [0.29, 0.717) is 5.69 Å². The van der Waals surface area contributed by atoms with Crippen LogP contribution < -0.4 is 0 Å². The van der Waals surface area contributed by atoms with Gasteiger partial charge in [-0.15, -0.1) is 48.0 Å². The van der Waals surface area contributed by atoms with Gasteiger partial charge in [0.15, 0.2) is 0 Å². The summed E-state index contributed by atoms with van der Waals surface area (Å²) in [6.07, 6.45) is 3.74. The molecule has 0 aliphatic heterocycles. The number of pyridine rings is 2. The molecule has 2 nitrogen and oxygen atoms in total. The molecule has 8 aromatic carbocycles. The number of aromatic nitrogens is 2. The minimum atomic E-state index is -0.697. The first-order valence-corrected chi connectivity index (χ1v) is 19.5. The molecular weight excluding hydrogens is 919 g/mol. The zero-order valence-corrected chi connectivity index (χ0v) is 34.8. The minimum Gasteiger partial charge on any atom is -0.304 e. The average molecular weight is 953 g/mol. The summed E-state index contributed by atoms with van der Waals surface area (Å²) in [5.41, 5.74) is 13.9. The van der Waals surface area contributed by atoms with E-state index in [1.807, 2.05) is 48.7 Å². The van der Waals surface area contributed by atoms with Gasteiger partial charge in [0.05, 0.1) is 0 Å². The third-order valence-corrected chi connectivity index (χ3v) is 11.0. The number of hydrogen-bond acceptors (Lipinski definition) is 2. The fraction of sp³-hybridized carbons (Fsp3) is 0.0182. The number of aryl methyl sites for hydroxylation is 1. The van der Waals surface area contributed by atoms with Crippen LogP contribution in [0.1, 0.15) is 5.56 Å². The Kier molecular flexibility index (Phi) is 10.5. The van der Waals surface area contributed by atoms with Crippen LogP contribution in [0.15, 0.2) is 188 Å². The number of halogens is 2. The summed E-state index contributed by atoms with van der Waals surface area (Å²) in [5.74, 6) is -1.37. The molecule has 0 fully saturated rings. The Morgan fingerprint density at radius 1 is 0.450 bits per heavy atom. The number of hydrogen-bond donors (Lipinski definition) is 0. The molecule has 60 heavy (non-hydrogen) atoms. The van der Waals surface area contributed by atoms with Crippen molar-refractivity contribution in [3.63, 3.8) is 0 Å². The first kappa shape index (κ1) is 38.6. The maximum atomic E-state index is 14.6. The molecule has 0 spiro atoms. The third-order valence-electron chi connectivity index (χ3n) is 11.0. The van der Waals surface area contributed by atoms with Gasteiger partial charge in [0.1, 0.15) is 0 Å². The number of fused-ring (bicyclic) bond motifs is 3. The van der Waals surface area contributed by atoms with Gasteiger partial charge in [-0.1, -0.05) is 139 Å². The van der Waals surface area contributed by atoms with E-state index in [9.17, 15) is 8.78 Å². The molecule has 10 rings (SSSR count). The Morgan fingerprint density at radius 2 is 1.10 bits per heavy atom. The van der Waals surface area contributed by atoms with E-state index in [4.69, 9.17) is 4.98 Å². The van der Waals surface area contributed by atoms with Gasteiger partial charge < -0.3 is 9.97 Å². The van der Waals surface area contributed by atoms with Crippen LogP contribution in [0.4, 0.5) is 8.78 Å². The number of benzene rings is 8. The first-order valence-electron chi connectivity index (χ1n) is 19.5. The van der Waals surface area contributed by atoms with Crippen LogP contribution in [0.3, 0.4) is 0 Å². The molecule has 0 atom stereocenters. The van der Waals surface area contributed by atoms with Gasteiger partial charge in [-0.05, 0) is 108 Å². The van der Waals surface area contributed by atoms with E-state index >= 15 is 0 Å². The molecule has 1 radical (unpaired) electrons. The van der Waals surface area contributed by atoms with E-state index in [1.54, 1.807) is 12.3 Å². The van der Waals surface area contributed by atoms with E-state index in [-0.39, 0.29) is 25.7 Å². The summed E-state index contributed by atoms with van der Waals surface area (Å²) in [4.78, 5) is 9.60. The van der Waals surface area contributed by atoms with Crippen LogP contribution in [-0.4, -0.2) is 9.97 Å². The Morgan fingerprint density at radius 3 is 1.83 bits per heavy atom. The molecule has 0 saturated carbocycles. The molecule has 5 heteroatoms. The van der Waals surface area contributed by atoms with Crippen molar-refractivity contribution in [2.75, 3.05) is 0 Å². The fourth-order valence-electron chi connectivity index (χ4n) is 8.18. The van der Waals surface area contributed by atoms with Crippen molar-refractivity contribution in [3.05, 3.63) is 218 Å². The van der Waals surface area contributed by atoms with Gasteiger partial charge in [0.2, 0.25) is 0 Å². The van der Waals surface area contributed by atoms with Crippen LogP contribution in [0.25, 0.3) is 99.7 Å². The van der Waals surface area contributed by atoms with Crippen LogP contribution in [0, 0.1) is 30.7 Å². The monoisotopic (exact) mass is 953 g/mol. The Bertz CT molecular complexity index is 3200. The van der Waals surface area contributed by atoms with Crippen LogP contribution in [0.2, 0.25) is 0 Å². The molecule has 0 aliphatic carbocycles. The van der Waals surface area contributed by atoms with Crippen molar-refractivity contribution >= 4 is 21.5 Å². The fourth-order valence-corrected chi connectivity index (χ4v) is 8.18. The van der Waals surface area contributed by atoms with Crippen LogP contribution in [0.5, 0.6) is 0 Å². The molecule has 289 valence electrons. The maximum Gasteiger partial charge on any atom is 0.0408 e. The molecule has 2 aromatic heterocycles. The van der Waals surface area contributed by atoms with Gasteiger partial charge in [0.25, 0.3) is 0 Å². The summed E-state index contributed by atoms with van der Waals surface area (Å²) in [7, 11) is 0. The minimum absolute atomic E-state index is 0. The average Bonchev–Trinajstić information content (AvgIpc) is 3.29. The molecule has 10 aromatic rings. The Labute approximate surface area is 361 Å². The van der Waals surface area contributed by atoms with E-state index in [1.165, 1.54) is 21.5 Å². The van der Waals surface area contributed by atoms with E-state index in [0.717, 1.165) is 84.6 Å². The van der Waals surface area contributed by atoms with Crippen molar-refractivity contribution in [1.29, 1.82) is 0 Å². The quantitative estimate of drug-likeness (QED) is 0.118. The van der Waals surface area contributed by atoms with E-state index < -0.39 is 11.6 Å². The predicted octanol–water partition coefficient (Wildman–Crippen LogP) is 14.6. The smallest absolute Gasteiger partial charge is 0.0408 e. The molecular formula is C55H34F2IrN2-2. The maximum absolute atomic E-state index is 14.6. The topological polar surface area (TPSA) is 25.8 Å². The van der Waals surface area contributed by atoms with Crippen molar-refractivity contribution in [2.45, 2.75) is 6.92 Å². The van der Waals surface area contributed by atoms with Crippen molar-refractivity contribution in [1.82, 2.24) is 9.97 Å². The van der Waals surface area contributed by atoms with Gasteiger partial charge in [0, 0.05) is 49.7 Å². The first-order chi connectivity index (χ1) is 29.0. The summed E-state index contributed by atoms with van der Waals surface area (Å²) in [5, 5.41) is 4.86. The third kappa shape index (κ3) is 7.35. The number of rotatable bonds is 7. The zero-order chi connectivity index (χ0) is 39.9. The van der Waals surface area contributed by atoms with Crippen molar-refractivity contribution in [3.8, 4) is 78.1 Å². The van der Waals surface area contributed by atoms with Crippen molar-refractivity contribution in [2.24, 2.45) is 0 Å². The van der Waals surface area contributed by atoms with E-state index in [2.05, 4.69) is 139 Å². The molecule has 2 heterocycles. The second kappa shape index (κ2) is 16.4. The number of nitrogens with zero attached hydrogens (tertiary/aromatic N) is 2. The normalized spacial score (nSPS) is 11.1. The molecule has 0 aliphatic rings. The Balaban J connectivity index is 0.00000462. The molecule has 0 N–H and O–H groups in total. The largest absolute Gasteiger partial charge is 0.304 e. The second-order valence-electron chi connectivity index (χ2n) is 14.8. The molecule has 0 saturated heterocycles. The zero-order valence-electron chi connectivity index (χ0n) is 32.4. The SMILES string of the molecule is Cc1cc(-c2ccccc2-c2ccc(-c3[c-]cc(F)cc3F)nc2)cc(-c2ccccc2-c2cnc(-c3[c-]cccc3)cc2-c2ccc3c(ccc4ccccc43)c2)c1.[Ir]. The van der Waals surface area contributed by atoms with Gasteiger partial charge >= 0.3 is 0 Å². The van der Waals surface area contributed by atoms with Crippen LogP contribution >= 0.6 is 0 Å². The Hall–Kier alpha value is -6.91. The van der Waals surface area contributed by atoms with Crippen LogP contribution in [-0.2, 0) is 20.1 Å². The second-order valence-corrected chi connectivity index (χ2v) is 14.8. The summed E-state index contributed by atoms with van der Waals surface area (Å²) in [6.45, 7) is 2.12. The molecule has 0 amide bonds. The summed E-state index contributed by atoms with van der Waals surface area (Å²) < 4.78 is 28.2. The standard InChI is InChI=1S/C55H34F2N2.Ir/c1-35-27-41(46-16-8-7-15-45(46)40-22-26-54(58-33-40)50-25-23-43(56)31-53(50)57)30-42(28-35)47-17-9-10-18-49(47)52-34-59-55(37-12-3-2-4-13-37)32-51(52)39-21-24-48-38(29-39)20-19-36-11-5-6-14-44(36)48;/h2-12,14-24,26-34H,1H3;/q-2;. The van der Waals surface area contributed by atoms with Crippen molar-refractivity contribution < 1.29 is 28.9 Å².